The number of aliphatic hydroxyl groups excluding tert-OH is 2. The molecule has 31 heavy (non-hydrogen) atoms. The quantitative estimate of drug-likeness (QED) is 0.144. The fourth-order valence-corrected chi connectivity index (χ4v) is 3.37. The maximum absolute atomic E-state index is 12.8. The van der Waals surface area contributed by atoms with E-state index in [1.54, 1.807) is 0 Å². The van der Waals surface area contributed by atoms with Gasteiger partial charge in [0.1, 0.15) is 11.5 Å². The van der Waals surface area contributed by atoms with E-state index >= 15 is 0 Å². The third-order valence-electron chi connectivity index (χ3n) is 4.79. The number of nitrogens with zero attached hydrogens (tertiary/aromatic N) is 2. The number of aromatic hydroxyl groups is 1. The molecule has 1 fully saturated rings. The number of benzene rings is 2. The molecule has 1 aliphatic rings. The number of likely N-dealkylation sites (tertiary alicyclic amines) is 1. The molecule has 2 aromatic carbocycles. The van der Waals surface area contributed by atoms with Crippen LogP contribution in [-0.4, -0.2) is 63.2 Å². The molecular formula is C21H20N2O8. The van der Waals surface area contributed by atoms with Gasteiger partial charge in [-0.25, -0.2) is 0 Å². The van der Waals surface area contributed by atoms with Crippen molar-refractivity contribution in [3.05, 3.63) is 75.3 Å². The highest BCUT2D eigenvalue weighted by Crippen LogP contribution is 2.39. The van der Waals surface area contributed by atoms with Gasteiger partial charge in [0.15, 0.2) is 0 Å². The van der Waals surface area contributed by atoms with E-state index in [0.29, 0.717) is 5.56 Å². The van der Waals surface area contributed by atoms with E-state index in [1.165, 1.54) is 47.4 Å². The normalized spacial score (nSPS) is 17.8. The Balaban J connectivity index is 2.09. The van der Waals surface area contributed by atoms with Crippen LogP contribution in [0.15, 0.2) is 54.1 Å². The summed E-state index contributed by atoms with van der Waals surface area (Å²) in [6.07, 6.45) is 0. The summed E-state index contributed by atoms with van der Waals surface area (Å²) in [6, 6.07) is 9.90. The lowest BCUT2D eigenvalue weighted by atomic mass is 9.95. The van der Waals surface area contributed by atoms with E-state index < -0.39 is 28.4 Å². The smallest absolute Gasteiger partial charge is 0.295 e. The molecule has 1 amide bonds. The van der Waals surface area contributed by atoms with E-state index in [9.17, 15) is 29.9 Å². The van der Waals surface area contributed by atoms with Crippen molar-refractivity contribution in [3.63, 3.8) is 0 Å². The minimum Gasteiger partial charge on any atom is -0.508 e. The lowest BCUT2D eigenvalue weighted by Crippen LogP contribution is -2.33. The standard InChI is InChI=1S/C21H20N2O8/c24-9-11-31-10-8-22-18(13-4-6-16(25)7-5-13)17(20(27)21(22)28)19(26)14-2-1-3-15(12-14)23(29)30/h1-7,12,18,24-26H,8-11H2/b19-17-. The van der Waals surface area contributed by atoms with Crippen molar-refractivity contribution in [2.24, 2.45) is 0 Å². The first kappa shape index (κ1) is 21.9. The predicted molar refractivity (Wildman–Crippen MR) is 108 cm³/mol. The van der Waals surface area contributed by atoms with Gasteiger partial charge in [0.2, 0.25) is 0 Å². The molecular weight excluding hydrogens is 408 g/mol. The molecule has 1 saturated heterocycles. The molecule has 10 nitrogen and oxygen atoms in total. The molecule has 162 valence electrons. The van der Waals surface area contributed by atoms with Crippen LogP contribution >= 0.6 is 0 Å². The Bertz CT molecular complexity index is 1030. The number of ether oxygens (including phenoxy) is 1. The Morgan fingerprint density at radius 1 is 1.13 bits per heavy atom. The molecule has 0 spiro atoms. The number of non-ortho nitro benzene ring substituents is 1. The van der Waals surface area contributed by atoms with Crippen molar-refractivity contribution in [1.29, 1.82) is 0 Å². The number of rotatable bonds is 8. The predicted octanol–water partition coefficient (Wildman–Crippen LogP) is 1.73. The monoisotopic (exact) mass is 428 g/mol. The summed E-state index contributed by atoms with van der Waals surface area (Å²) >= 11 is 0. The number of Topliss-reactive ketones (excluding diaryl/α,β-unsaturated/α-hetero) is 1. The molecule has 1 unspecified atom stereocenters. The molecule has 0 radical (unpaired) electrons. The van der Waals surface area contributed by atoms with Gasteiger partial charge in [-0.1, -0.05) is 24.3 Å². The van der Waals surface area contributed by atoms with Crippen LogP contribution in [0.2, 0.25) is 0 Å². The minimum atomic E-state index is -0.988. The van der Waals surface area contributed by atoms with E-state index in [2.05, 4.69) is 0 Å². The summed E-state index contributed by atoms with van der Waals surface area (Å²) in [6.45, 7) is -0.102. The van der Waals surface area contributed by atoms with Crippen LogP contribution in [0, 0.1) is 10.1 Å². The SMILES string of the molecule is O=C1C(=O)N(CCOCCO)C(c2ccc(O)cc2)/C1=C(/O)c1cccc([N+](=O)[O-])c1. The summed E-state index contributed by atoms with van der Waals surface area (Å²) in [5, 5.41) is 40.4. The number of ketones is 1. The number of amides is 1. The topological polar surface area (TPSA) is 150 Å². The largest absolute Gasteiger partial charge is 0.508 e. The number of nitro groups is 1. The van der Waals surface area contributed by atoms with Crippen molar-refractivity contribution >= 4 is 23.1 Å². The van der Waals surface area contributed by atoms with Crippen molar-refractivity contribution in [1.82, 2.24) is 4.90 Å². The third-order valence-corrected chi connectivity index (χ3v) is 4.79. The van der Waals surface area contributed by atoms with E-state index in [-0.39, 0.29) is 48.9 Å². The van der Waals surface area contributed by atoms with Gasteiger partial charge in [0.25, 0.3) is 17.4 Å². The average molecular weight is 428 g/mol. The lowest BCUT2D eigenvalue weighted by molar-refractivity contribution is -0.384. The fraction of sp³-hybridized carbons (Fsp3) is 0.238. The van der Waals surface area contributed by atoms with Crippen LogP contribution in [0.5, 0.6) is 5.75 Å². The molecule has 2 aromatic rings. The average Bonchev–Trinajstić information content (AvgIpc) is 3.01. The lowest BCUT2D eigenvalue weighted by Gasteiger charge is -2.25. The van der Waals surface area contributed by atoms with Gasteiger partial charge in [-0.3, -0.25) is 19.7 Å². The number of carbonyl (C=O) groups is 2. The summed E-state index contributed by atoms with van der Waals surface area (Å²) < 4.78 is 5.21. The Labute approximate surface area is 176 Å². The molecule has 0 aliphatic carbocycles. The number of aliphatic hydroxyl groups is 2. The second-order valence-corrected chi connectivity index (χ2v) is 6.73. The number of hydrogen-bond acceptors (Lipinski definition) is 8. The molecule has 3 rings (SSSR count). The zero-order valence-corrected chi connectivity index (χ0v) is 16.3. The molecule has 10 heteroatoms. The van der Waals surface area contributed by atoms with E-state index in [0.717, 1.165) is 6.07 Å². The van der Waals surface area contributed by atoms with Crippen LogP contribution < -0.4 is 0 Å². The number of nitro benzene ring substituents is 1. The number of carbonyl (C=O) groups excluding carboxylic acids is 2. The summed E-state index contributed by atoms with van der Waals surface area (Å²) in [5.74, 6) is -2.37. The second-order valence-electron chi connectivity index (χ2n) is 6.73. The van der Waals surface area contributed by atoms with Gasteiger partial charge >= 0.3 is 0 Å². The number of hydrogen-bond donors (Lipinski definition) is 3. The summed E-state index contributed by atoms with van der Waals surface area (Å²) in [4.78, 5) is 37.2. The van der Waals surface area contributed by atoms with Crippen molar-refractivity contribution < 1.29 is 34.6 Å². The Morgan fingerprint density at radius 2 is 1.84 bits per heavy atom. The van der Waals surface area contributed by atoms with Crippen LogP contribution in [0.1, 0.15) is 17.2 Å². The maximum atomic E-state index is 12.8. The molecule has 0 bridgehead atoms. The Morgan fingerprint density at radius 3 is 2.48 bits per heavy atom. The Kier molecular flexibility index (Phi) is 6.63. The van der Waals surface area contributed by atoms with Crippen LogP contribution in [-0.2, 0) is 14.3 Å². The first-order valence-corrected chi connectivity index (χ1v) is 9.36. The first-order chi connectivity index (χ1) is 14.8. The molecule has 3 N–H and O–H groups in total. The van der Waals surface area contributed by atoms with Crippen molar-refractivity contribution in [2.75, 3.05) is 26.4 Å². The van der Waals surface area contributed by atoms with Crippen LogP contribution in [0.3, 0.4) is 0 Å². The van der Waals surface area contributed by atoms with E-state index in [1.807, 2.05) is 0 Å². The second kappa shape index (κ2) is 9.37. The fourth-order valence-electron chi connectivity index (χ4n) is 3.37. The molecule has 1 heterocycles. The van der Waals surface area contributed by atoms with Gasteiger partial charge in [0, 0.05) is 24.2 Å². The zero-order chi connectivity index (χ0) is 22.5. The third kappa shape index (κ3) is 4.55. The van der Waals surface area contributed by atoms with Gasteiger partial charge in [-0.15, -0.1) is 0 Å². The maximum Gasteiger partial charge on any atom is 0.295 e. The number of phenolic OH excluding ortho intramolecular Hbond substituents is 1. The van der Waals surface area contributed by atoms with Gasteiger partial charge < -0.3 is 25.0 Å². The minimum absolute atomic E-state index is 0.00182. The number of phenols is 1. The summed E-state index contributed by atoms with van der Waals surface area (Å²) in [5.41, 5.74) is -0.0335. The van der Waals surface area contributed by atoms with Crippen molar-refractivity contribution in [2.45, 2.75) is 6.04 Å². The van der Waals surface area contributed by atoms with Crippen LogP contribution in [0.25, 0.3) is 5.76 Å². The molecule has 0 saturated carbocycles. The zero-order valence-electron chi connectivity index (χ0n) is 16.3. The summed E-state index contributed by atoms with van der Waals surface area (Å²) in [7, 11) is 0. The highest BCUT2D eigenvalue weighted by molar-refractivity contribution is 6.46. The first-order valence-electron chi connectivity index (χ1n) is 9.36. The Hall–Kier alpha value is -3.76. The molecule has 1 aliphatic heterocycles. The van der Waals surface area contributed by atoms with Gasteiger partial charge in [-0.2, -0.15) is 0 Å². The highest BCUT2D eigenvalue weighted by atomic mass is 16.6. The molecule has 1 atom stereocenters. The highest BCUT2D eigenvalue weighted by Gasteiger charge is 2.46. The van der Waals surface area contributed by atoms with Crippen molar-refractivity contribution in [3.8, 4) is 5.75 Å². The molecule has 0 aromatic heterocycles. The van der Waals surface area contributed by atoms with Crippen LogP contribution in [0.4, 0.5) is 5.69 Å². The van der Waals surface area contributed by atoms with E-state index in [4.69, 9.17) is 9.84 Å². The van der Waals surface area contributed by atoms with Gasteiger partial charge in [0.05, 0.1) is 36.4 Å². The van der Waals surface area contributed by atoms with Gasteiger partial charge in [-0.05, 0) is 17.7 Å².